The van der Waals surface area contributed by atoms with E-state index in [4.69, 9.17) is 4.74 Å². The van der Waals surface area contributed by atoms with E-state index < -0.39 is 41.3 Å². The first-order chi connectivity index (χ1) is 12.4. The average molecular weight is 364 g/mol. The number of amides is 1. The van der Waals surface area contributed by atoms with Crippen molar-refractivity contribution in [2.75, 3.05) is 6.54 Å². The number of aliphatic hydroxyl groups excluding tert-OH is 2. The van der Waals surface area contributed by atoms with E-state index in [-0.39, 0.29) is 12.2 Å². The SMILES string of the molecule is O=C(NCC(O)C(O)c1cccc(F)c1[N+](=O)[O-])OCc1ccccc1. The van der Waals surface area contributed by atoms with Gasteiger partial charge in [0.05, 0.1) is 10.5 Å². The molecule has 0 saturated heterocycles. The summed E-state index contributed by atoms with van der Waals surface area (Å²) < 4.78 is 18.5. The van der Waals surface area contributed by atoms with E-state index in [2.05, 4.69) is 5.32 Å². The molecule has 1 amide bonds. The molecule has 2 unspecified atom stereocenters. The second-order valence-corrected chi connectivity index (χ2v) is 5.39. The Balaban J connectivity index is 1.91. The van der Waals surface area contributed by atoms with Crippen LogP contribution in [0.5, 0.6) is 0 Å². The van der Waals surface area contributed by atoms with Crippen molar-refractivity contribution in [2.24, 2.45) is 0 Å². The zero-order valence-electron chi connectivity index (χ0n) is 13.5. The third-order valence-electron chi connectivity index (χ3n) is 3.55. The highest BCUT2D eigenvalue weighted by molar-refractivity contribution is 5.67. The molecule has 2 rings (SSSR count). The molecule has 2 aromatic carbocycles. The number of alkyl carbamates (subject to hydrolysis) is 1. The van der Waals surface area contributed by atoms with Crippen molar-refractivity contribution >= 4 is 11.8 Å². The van der Waals surface area contributed by atoms with E-state index in [1.54, 1.807) is 24.3 Å². The first kappa shape index (κ1) is 19.3. The summed E-state index contributed by atoms with van der Waals surface area (Å²) in [6, 6.07) is 12.1. The van der Waals surface area contributed by atoms with Gasteiger partial charge in [0.1, 0.15) is 18.8 Å². The summed E-state index contributed by atoms with van der Waals surface area (Å²) >= 11 is 0. The van der Waals surface area contributed by atoms with E-state index in [1.165, 1.54) is 6.07 Å². The van der Waals surface area contributed by atoms with Crippen molar-refractivity contribution in [3.63, 3.8) is 0 Å². The Morgan fingerprint density at radius 3 is 2.54 bits per heavy atom. The van der Waals surface area contributed by atoms with Crippen LogP contribution in [-0.4, -0.2) is 33.9 Å². The monoisotopic (exact) mass is 364 g/mol. The molecule has 0 aromatic heterocycles. The second-order valence-electron chi connectivity index (χ2n) is 5.39. The quantitative estimate of drug-likeness (QED) is 0.511. The molecule has 0 fully saturated rings. The van der Waals surface area contributed by atoms with E-state index in [9.17, 15) is 29.5 Å². The van der Waals surface area contributed by atoms with Crippen molar-refractivity contribution in [1.82, 2.24) is 5.32 Å². The van der Waals surface area contributed by atoms with Gasteiger partial charge in [-0.25, -0.2) is 4.79 Å². The molecule has 0 radical (unpaired) electrons. The normalized spacial score (nSPS) is 12.9. The molecule has 0 aliphatic rings. The zero-order valence-corrected chi connectivity index (χ0v) is 13.5. The number of nitro benzene ring substituents is 1. The smallest absolute Gasteiger partial charge is 0.407 e. The summed E-state index contributed by atoms with van der Waals surface area (Å²) in [5.74, 6) is -1.13. The molecule has 9 heteroatoms. The Bertz CT molecular complexity index is 771. The summed E-state index contributed by atoms with van der Waals surface area (Å²) in [6.07, 6.45) is -4.20. The van der Waals surface area contributed by atoms with Gasteiger partial charge in [0.2, 0.25) is 5.82 Å². The van der Waals surface area contributed by atoms with E-state index in [0.29, 0.717) is 0 Å². The van der Waals surface area contributed by atoms with E-state index >= 15 is 0 Å². The van der Waals surface area contributed by atoms with Gasteiger partial charge >= 0.3 is 11.8 Å². The number of nitro groups is 1. The van der Waals surface area contributed by atoms with Gasteiger partial charge in [0, 0.05) is 6.54 Å². The Morgan fingerprint density at radius 2 is 1.88 bits per heavy atom. The number of benzene rings is 2. The number of nitrogens with one attached hydrogen (secondary N) is 1. The lowest BCUT2D eigenvalue weighted by atomic mass is 10.0. The summed E-state index contributed by atoms with van der Waals surface area (Å²) in [5.41, 5.74) is -0.550. The van der Waals surface area contributed by atoms with Crippen LogP contribution in [0.25, 0.3) is 0 Å². The van der Waals surface area contributed by atoms with Gasteiger partial charge in [0.25, 0.3) is 0 Å². The van der Waals surface area contributed by atoms with Crippen LogP contribution in [0.3, 0.4) is 0 Å². The fourth-order valence-corrected chi connectivity index (χ4v) is 2.24. The number of carbonyl (C=O) groups is 1. The summed E-state index contributed by atoms with van der Waals surface area (Å²) in [5, 5.41) is 33.2. The molecule has 2 atom stereocenters. The lowest BCUT2D eigenvalue weighted by molar-refractivity contribution is -0.389. The second kappa shape index (κ2) is 8.88. The molecule has 0 bridgehead atoms. The van der Waals surface area contributed by atoms with Gasteiger partial charge in [-0.3, -0.25) is 10.1 Å². The third-order valence-corrected chi connectivity index (χ3v) is 3.55. The number of rotatable bonds is 7. The number of nitrogens with zero attached hydrogens (tertiary/aromatic N) is 1. The van der Waals surface area contributed by atoms with Gasteiger partial charge in [-0.2, -0.15) is 4.39 Å². The van der Waals surface area contributed by atoms with Gasteiger partial charge in [-0.05, 0) is 17.7 Å². The topological polar surface area (TPSA) is 122 Å². The van der Waals surface area contributed by atoms with Crippen LogP contribution in [0.2, 0.25) is 0 Å². The molecule has 0 aliphatic heterocycles. The van der Waals surface area contributed by atoms with Crippen LogP contribution >= 0.6 is 0 Å². The maximum Gasteiger partial charge on any atom is 0.407 e. The molecule has 0 heterocycles. The van der Waals surface area contributed by atoms with Crippen LogP contribution in [0, 0.1) is 15.9 Å². The fourth-order valence-electron chi connectivity index (χ4n) is 2.24. The predicted octanol–water partition coefficient (Wildman–Crippen LogP) is 2.05. The van der Waals surface area contributed by atoms with Gasteiger partial charge in [-0.1, -0.05) is 36.4 Å². The number of halogens is 1. The molecule has 2 aromatic rings. The number of para-hydroxylation sites is 1. The van der Waals surface area contributed by atoms with Crippen molar-refractivity contribution in [3.8, 4) is 0 Å². The zero-order chi connectivity index (χ0) is 19.1. The number of aliphatic hydroxyl groups is 2. The largest absolute Gasteiger partial charge is 0.445 e. The van der Waals surface area contributed by atoms with Gasteiger partial charge < -0.3 is 20.3 Å². The summed E-state index contributed by atoms with van der Waals surface area (Å²) in [7, 11) is 0. The first-order valence-electron chi connectivity index (χ1n) is 7.63. The molecule has 8 nitrogen and oxygen atoms in total. The first-order valence-corrected chi connectivity index (χ1v) is 7.63. The number of ether oxygens (including phenoxy) is 1. The Hall–Kier alpha value is -3.04. The standard InChI is InChI=1S/C17H17FN2O6/c18-13-8-4-7-12(15(13)20(24)25)16(22)14(21)9-19-17(23)26-10-11-5-2-1-3-6-11/h1-8,14,16,21-22H,9-10H2,(H,19,23). The molecule has 26 heavy (non-hydrogen) atoms. The molecular formula is C17H17FN2O6. The van der Waals surface area contributed by atoms with Crippen LogP contribution in [-0.2, 0) is 11.3 Å². The average Bonchev–Trinajstić information content (AvgIpc) is 2.64. The lowest BCUT2D eigenvalue weighted by Gasteiger charge is -2.18. The highest BCUT2D eigenvalue weighted by Gasteiger charge is 2.29. The molecule has 0 spiro atoms. The Kier molecular flexibility index (Phi) is 6.59. The van der Waals surface area contributed by atoms with E-state index in [1.807, 2.05) is 6.07 Å². The summed E-state index contributed by atoms with van der Waals surface area (Å²) in [6.45, 7) is -0.427. The highest BCUT2D eigenvalue weighted by atomic mass is 19.1. The predicted molar refractivity (Wildman–Crippen MR) is 88.7 cm³/mol. The fraction of sp³-hybridized carbons (Fsp3) is 0.235. The minimum Gasteiger partial charge on any atom is -0.445 e. The lowest BCUT2D eigenvalue weighted by Crippen LogP contribution is -2.36. The number of carbonyl (C=O) groups excluding carboxylic acids is 1. The van der Waals surface area contributed by atoms with Crippen molar-refractivity contribution in [1.29, 1.82) is 0 Å². The van der Waals surface area contributed by atoms with Crippen LogP contribution < -0.4 is 5.32 Å². The third kappa shape index (κ3) is 4.98. The van der Waals surface area contributed by atoms with Gasteiger partial charge in [-0.15, -0.1) is 0 Å². The number of hydrogen-bond acceptors (Lipinski definition) is 6. The van der Waals surface area contributed by atoms with Crippen molar-refractivity contribution < 1.29 is 29.1 Å². The molecule has 0 saturated carbocycles. The molecular weight excluding hydrogens is 347 g/mol. The highest BCUT2D eigenvalue weighted by Crippen LogP contribution is 2.29. The number of hydrogen-bond donors (Lipinski definition) is 3. The van der Waals surface area contributed by atoms with Gasteiger partial charge in [0.15, 0.2) is 0 Å². The Labute approximate surface area is 148 Å². The minimum absolute atomic E-state index is 0.0146. The van der Waals surface area contributed by atoms with Crippen molar-refractivity contribution in [3.05, 3.63) is 75.6 Å². The molecule has 138 valence electrons. The van der Waals surface area contributed by atoms with Crippen LogP contribution in [0.4, 0.5) is 14.9 Å². The van der Waals surface area contributed by atoms with Crippen LogP contribution in [0.1, 0.15) is 17.2 Å². The van der Waals surface area contributed by atoms with E-state index in [0.717, 1.165) is 17.7 Å². The minimum atomic E-state index is -1.76. The molecule has 3 N–H and O–H groups in total. The van der Waals surface area contributed by atoms with Crippen LogP contribution in [0.15, 0.2) is 48.5 Å². The maximum absolute atomic E-state index is 13.6. The maximum atomic E-state index is 13.6. The van der Waals surface area contributed by atoms with Crippen molar-refractivity contribution in [2.45, 2.75) is 18.8 Å². The molecule has 0 aliphatic carbocycles. The summed E-state index contributed by atoms with van der Waals surface area (Å²) in [4.78, 5) is 21.6. The Morgan fingerprint density at radius 1 is 1.19 bits per heavy atom.